The van der Waals surface area contributed by atoms with Gasteiger partial charge in [-0.15, -0.1) is 0 Å². The number of amides is 2. The molecule has 1 saturated heterocycles. The van der Waals surface area contributed by atoms with Gasteiger partial charge < -0.3 is 14.7 Å². The summed E-state index contributed by atoms with van der Waals surface area (Å²) in [4.78, 5) is 43.2. The van der Waals surface area contributed by atoms with E-state index >= 15 is 0 Å². The van der Waals surface area contributed by atoms with E-state index in [2.05, 4.69) is 10.3 Å². The lowest BCUT2D eigenvalue weighted by molar-refractivity contribution is -0.134. The highest BCUT2D eigenvalue weighted by molar-refractivity contribution is 5.96. The standard InChI is InChI=1S/C27H23N3O5/c31-23-20-3-1-2-4-21(20)27(35-23)13-14-30(16-27)24(32)26(11-12-26)18-7-10-22(28-15-18)17-5-8-19(9-6-17)29-25(33)34/h1-10,15,29H,11-14,16H2,(H,33,34). The third-order valence-corrected chi connectivity index (χ3v) is 7.35. The Balaban J connectivity index is 1.19. The van der Waals surface area contributed by atoms with Crippen LogP contribution in [-0.2, 0) is 20.5 Å². The molecule has 3 aromatic rings. The first kappa shape index (κ1) is 21.3. The number of ether oxygens (including phenoxy) is 1. The number of fused-ring (bicyclic) bond motifs is 2. The van der Waals surface area contributed by atoms with Gasteiger partial charge in [-0.05, 0) is 42.7 Å². The number of pyridine rings is 1. The molecule has 6 rings (SSSR count). The van der Waals surface area contributed by atoms with Crippen LogP contribution in [-0.4, -0.2) is 46.0 Å². The van der Waals surface area contributed by atoms with Crippen LogP contribution in [0.15, 0.2) is 66.9 Å². The minimum atomic E-state index is -1.11. The predicted molar refractivity (Wildman–Crippen MR) is 127 cm³/mol. The monoisotopic (exact) mass is 469 g/mol. The van der Waals surface area contributed by atoms with Crippen molar-refractivity contribution in [3.05, 3.63) is 83.6 Å². The molecule has 2 aromatic carbocycles. The van der Waals surface area contributed by atoms with E-state index in [9.17, 15) is 14.4 Å². The van der Waals surface area contributed by atoms with Crippen molar-refractivity contribution in [3.8, 4) is 11.3 Å². The highest BCUT2D eigenvalue weighted by atomic mass is 16.6. The fourth-order valence-corrected chi connectivity index (χ4v) is 5.35. The van der Waals surface area contributed by atoms with Gasteiger partial charge in [0.2, 0.25) is 5.91 Å². The molecular weight excluding hydrogens is 446 g/mol. The minimum Gasteiger partial charge on any atom is -0.465 e. The van der Waals surface area contributed by atoms with Crippen molar-refractivity contribution < 1.29 is 24.2 Å². The third-order valence-electron chi connectivity index (χ3n) is 7.35. The molecule has 2 N–H and O–H groups in total. The molecular formula is C27H23N3O5. The Bertz CT molecular complexity index is 1350. The van der Waals surface area contributed by atoms with E-state index in [0.29, 0.717) is 30.8 Å². The number of anilines is 1. The number of hydrogen-bond donors (Lipinski definition) is 2. The highest BCUT2D eigenvalue weighted by Crippen LogP contribution is 2.52. The summed E-state index contributed by atoms with van der Waals surface area (Å²) in [6.07, 6.45) is 2.78. The largest absolute Gasteiger partial charge is 0.465 e. The number of aromatic nitrogens is 1. The van der Waals surface area contributed by atoms with E-state index in [1.54, 1.807) is 36.5 Å². The number of likely N-dealkylation sites (tertiary alicyclic amines) is 1. The fourth-order valence-electron chi connectivity index (χ4n) is 5.35. The maximum Gasteiger partial charge on any atom is 0.409 e. The molecule has 8 nitrogen and oxygen atoms in total. The van der Waals surface area contributed by atoms with Crippen LogP contribution in [0.2, 0.25) is 0 Å². The number of carboxylic acid groups (broad SMARTS) is 1. The summed E-state index contributed by atoms with van der Waals surface area (Å²) in [6, 6.07) is 18.2. The number of rotatable bonds is 4. The van der Waals surface area contributed by atoms with Crippen LogP contribution in [0.4, 0.5) is 10.5 Å². The summed E-state index contributed by atoms with van der Waals surface area (Å²) in [7, 11) is 0. The second-order valence-corrected chi connectivity index (χ2v) is 9.43. The molecule has 3 heterocycles. The number of benzene rings is 2. The van der Waals surface area contributed by atoms with Gasteiger partial charge in [0.25, 0.3) is 0 Å². The molecule has 0 radical (unpaired) electrons. The Morgan fingerprint density at radius 2 is 1.77 bits per heavy atom. The number of nitrogens with zero attached hydrogens (tertiary/aromatic N) is 2. The van der Waals surface area contributed by atoms with Gasteiger partial charge in [-0.3, -0.25) is 15.1 Å². The summed E-state index contributed by atoms with van der Waals surface area (Å²) in [6.45, 7) is 0.920. The Hall–Kier alpha value is -4.20. The number of carbonyl (C=O) groups excluding carboxylic acids is 2. The van der Waals surface area contributed by atoms with Crippen LogP contribution in [0.25, 0.3) is 11.3 Å². The Kier molecular flexibility index (Phi) is 4.67. The quantitative estimate of drug-likeness (QED) is 0.555. The Morgan fingerprint density at radius 3 is 2.46 bits per heavy atom. The molecule has 1 atom stereocenters. The van der Waals surface area contributed by atoms with Crippen molar-refractivity contribution in [2.45, 2.75) is 30.3 Å². The smallest absolute Gasteiger partial charge is 0.409 e. The van der Waals surface area contributed by atoms with Crippen molar-refractivity contribution in [2.24, 2.45) is 0 Å². The van der Waals surface area contributed by atoms with E-state index in [0.717, 1.165) is 35.2 Å². The van der Waals surface area contributed by atoms with Crippen molar-refractivity contribution >= 4 is 23.7 Å². The van der Waals surface area contributed by atoms with Crippen LogP contribution in [0, 0.1) is 0 Å². The molecule has 8 heteroatoms. The second kappa shape index (κ2) is 7.66. The van der Waals surface area contributed by atoms with Gasteiger partial charge in [-0.2, -0.15) is 0 Å². The average molecular weight is 469 g/mol. The zero-order valence-corrected chi connectivity index (χ0v) is 18.9. The topological polar surface area (TPSA) is 109 Å². The van der Waals surface area contributed by atoms with E-state index < -0.39 is 17.1 Å². The van der Waals surface area contributed by atoms with Crippen molar-refractivity contribution in [1.29, 1.82) is 0 Å². The predicted octanol–water partition coefficient (Wildman–Crippen LogP) is 4.17. The molecule has 35 heavy (non-hydrogen) atoms. The van der Waals surface area contributed by atoms with E-state index in [4.69, 9.17) is 9.84 Å². The molecule has 0 bridgehead atoms. The number of nitrogens with one attached hydrogen (secondary N) is 1. The van der Waals surface area contributed by atoms with Crippen molar-refractivity contribution in [3.63, 3.8) is 0 Å². The van der Waals surface area contributed by atoms with Crippen LogP contribution >= 0.6 is 0 Å². The van der Waals surface area contributed by atoms with E-state index in [1.165, 1.54) is 0 Å². The zero-order chi connectivity index (χ0) is 24.2. The van der Waals surface area contributed by atoms with Crippen molar-refractivity contribution in [2.75, 3.05) is 18.4 Å². The summed E-state index contributed by atoms with van der Waals surface area (Å²) in [5.41, 5.74) is 3.12. The molecule has 1 unspecified atom stereocenters. The Morgan fingerprint density at radius 1 is 1.00 bits per heavy atom. The lowest BCUT2D eigenvalue weighted by atomic mass is 9.91. The molecule has 3 aliphatic rings. The normalized spacial score (nSPS) is 21.5. The first-order valence-electron chi connectivity index (χ1n) is 11.6. The lowest BCUT2D eigenvalue weighted by Crippen LogP contribution is -2.40. The number of carbonyl (C=O) groups is 3. The van der Waals surface area contributed by atoms with E-state index in [1.807, 2.05) is 35.2 Å². The van der Waals surface area contributed by atoms with Gasteiger partial charge in [-0.1, -0.05) is 36.4 Å². The maximum absolute atomic E-state index is 13.6. The molecule has 2 amide bonds. The molecule has 176 valence electrons. The van der Waals surface area contributed by atoms with Crippen LogP contribution < -0.4 is 5.32 Å². The summed E-state index contributed by atoms with van der Waals surface area (Å²) < 4.78 is 5.81. The van der Waals surface area contributed by atoms with Gasteiger partial charge in [0, 0.05) is 36.0 Å². The average Bonchev–Trinajstić information content (AvgIpc) is 3.50. The third kappa shape index (κ3) is 3.44. The highest BCUT2D eigenvalue weighted by Gasteiger charge is 2.57. The Labute approximate surface area is 201 Å². The molecule has 2 fully saturated rings. The molecule has 1 saturated carbocycles. The zero-order valence-electron chi connectivity index (χ0n) is 18.9. The van der Waals surface area contributed by atoms with E-state index in [-0.39, 0.29) is 11.9 Å². The number of hydrogen-bond acceptors (Lipinski definition) is 5. The van der Waals surface area contributed by atoms with Gasteiger partial charge in [0.05, 0.1) is 23.2 Å². The van der Waals surface area contributed by atoms with Gasteiger partial charge >= 0.3 is 12.1 Å². The van der Waals surface area contributed by atoms with Crippen molar-refractivity contribution in [1.82, 2.24) is 9.88 Å². The maximum atomic E-state index is 13.6. The SMILES string of the molecule is O=C(O)Nc1ccc(-c2ccc(C3(C(=O)N4CCC5(C4)OC(=O)c4ccccc45)CC3)cn2)cc1. The lowest BCUT2D eigenvalue weighted by Gasteiger charge is -2.26. The molecule has 2 aliphatic heterocycles. The fraction of sp³-hybridized carbons (Fsp3) is 0.259. The van der Waals surface area contributed by atoms with Gasteiger partial charge in [0.15, 0.2) is 5.60 Å². The van der Waals surface area contributed by atoms with Crippen LogP contribution in [0.3, 0.4) is 0 Å². The summed E-state index contributed by atoms with van der Waals surface area (Å²) >= 11 is 0. The second-order valence-electron chi connectivity index (χ2n) is 9.43. The van der Waals surface area contributed by atoms with Crippen LogP contribution in [0.1, 0.15) is 40.7 Å². The number of esters is 1. The molecule has 1 aromatic heterocycles. The summed E-state index contributed by atoms with van der Waals surface area (Å²) in [5.74, 6) is -0.254. The van der Waals surface area contributed by atoms with Crippen LogP contribution in [0.5, 0.6) is 0 Å². The first-order valence-corrected chi connectivity index (χ1v) is 11.6. The van der Waals surface area contributed by atoms with Gasteiger partial charge in [-0.25, -0.2) is 9.59 Å². The van der Waals surface area contributed by atoms with Gasteiger partial charge in [0.1, 0.15) is 0 Å². The molecule has 1 aliphatic carbocycles. The molecule has 1 spiro atoms. The minimum absolute atomic E-state index is 0.0634. The summed E-state index contributed by atoms with van der Waals surface area (Å²) in [5, 5.41) is 11.1. The first-order chi connectivity index (χ1) is 16.9.